The largest absolute Gasteiger partial charge is 0.497 e. The van der Waals surface area contributed by atoms with Crippen LogP contribution in [0.4, 0.5) is 11.8 Å². The molecule has 0 spiro atoms. The SMILES string of the molecule is CCN1CCN(c2nncc(NCCc3ccc(OC)cc3)n2)CC1. The maximum absolute atomic E-state index is 5.18. The fraction of sp³-hybridized carbons (Fsp3) is 0.500. The summed E-state index contributed by atoms with van der Waals surface area (Å²) in [6.45, 7) is 8.09. The Bertz CT molecular complexity index is 655. The quantitative estimate of drug-likeness (QED) is 0.821. The highest BCUT2D eigenvalue weighted by Gasteiger charge is 2.18. The average Bonchev–Trinajstić information content (AvgIpc) is 2.69. The highest BCUT2D eigenvalue weighted by molar-refractivity contribution is 5.39. The predicted octanol–water partition coefficient (Wildman–Crippen LogP) is 1.68. The van der Waals surface area contributed by atoms with Crippen LogP contribution in [0.5, 0.6) is 5.75 Å². The number of rotatable bonds is 7. The van der Waals surface area contributed by atoms with Crippen molar-refractivity contribution in [1.29, 1.82) is 0 Å². The Balaban J connectivity index is 1.51. The monoisotopic (exact) mass is 342 g/mol. The molecule has 1 N–H and O–H groups in total. The van der Waals surface area contributed by atoms with Gasteiger partial charge in [0.2, 0.25) is 5.95 Å². The third kappa shape index (κ3) is 4.79. The van der Waals surface area contributed by atoms with Crippen molar-refractivity contribution < 1.29 is 4.74 Å². The summed E-state index contributed by atoms with van der Waals surface area (Å²) in [5.74, 6) is 2.37. The second kappa shape index (κ2) is 8.62. The molecule has 7 heteroatoms. The van der Waals surface area contributed by atoms with E-state index in [2.05, 4.69) is 49.4 Å². The van der Waals surface area contributed by atoms with Crippen molar-refractivity contribution in [1.82, 2.24) is 20.1 Å². The zero-order chi connectivity index (χ0) is 17.5. The highest BCUT2D eigenvalue weighted by Crippen LogP contribution is 2.14. The smallest absolute Gasteiger partial charge is 0.247 e. The molecule has 1 aromatic heterocycles. The van der Waals surface area contributed by atoms with Crippen LogP contribution in [0.25, 0.3) is 0 Å². The Morgan fingerprint density at radius 2 is 1.88 bits per heavy atom. The van der Waals surface area contributed by atoms with Crippen molar-refractivity contribution in [3.63, 3.8) is 0 Å². The van der Waals surface area contributed by atoms with E-state index in [4.69, 9.17) is 4.74 Å². The van der Waals surface area contributed by atoms with E-state index < -0.39 is 0 Å². The number of methoxy groups -OCH3 is 1. The summed E-state index contributed by atoms with van der Waals surface area (Å²) in [5, 5.41) is 11.6. The average molecular weight is 342 g/mol. The molecule has 0 amide bonds. The predicted molar refractivity (Wildman–Crippen MR) is 99.3 cm³/mol. The Labute approximate surface area is 149 Å². The number of nitrogens with one attached hydrogen (secondary N) is 1. The van der Waals surface area contributed by atoms with Crippen molar-refractivity contribution in [2.24, 2.45) is 0 Å². The Hall–Kier alpha value is -2.41. The van der Waals surface area contributed by atoms with Crippen molar-refractivity contribution >= 4 is 11.8 Å². The van der Waals surface area contributed by atoms with Gasteiger partial charge >= 0.3 is 0 Å². The molecule has 25 heavy (non-hydrogen) atoms. The topological polar surface area (TPSA) is 66.4 Å². The molecule has 0 aliphatic carbocycles. The van der Waals surface area contributed by atoms with Gasteiger partial charge in [-0.1, -0.05) is 19.1 Å². The van der Waals surface area contributed by atoms with E-state index in [1.807, 2.05) is 12.1 Å². The molecule has 1 aromatic carbocycles. The van der Waals surface area contributed by atoms with Gasteiger partial charge in [0.1, 0.15) is 5.75 Å². The molecule has 1 aliphatic rings. The third-order valence-electron chi connectivity index (χ3n) is 4.53. The van der Waals surface area contributed by atoms with Gasteiger partial charge in [-0.2, -0.15) is 10.1 Å². The summed E-state index contributed by atoms with van der Waals surface area (Å²) in [4.78, 5) is 9.24. The zero-order valence-electron chi connectivity index (χ0n) is 15.0. The van der Waals surface area contributed by atoms with Crippen LogP contribution in [0.2, 0.25) is 0 Å². The summed E-state index contributed by atoms with van der Waals surface area (Å²) in [6, 6.07) is 8.13. The molecule has 0 atom stereocenters. The lowest BCUT2D eigenvalue weighted by molar-refractivity contribution is 0.269. The summed E-state index contributed by atoms with van der Waals surface area (Å²) in [7, 11) is 1.68. The van der Waals surface area contributed by atoms with Crippen LogP contribution in [0.3, 0.4) is 0 Å². The first-order valence-electron chi connectivity index (χ1n) is 8.82. The van der Waals surface area contributed by atoms with Crippen LogP contribution in [0.1, 0.15) is 12.5 Å². The number of hydrogen-bond donors (Lipinski definition) is 1. The van der Waals surface area contributed by atoms with Gasteiger partial charge in [-0.15, -0.1) is 5.10 Å². The molecule has 2 heterocycles. The van der Waals surface area contributed by atoms with Crippen LogP contribution in [0.15, 0.2) is 30.5 Å². The molecule has 0 radical (unpaired) electrons. The second-order valence-electron chi connectivity index (χ2n) is 6.09. The van der Waals surface area contributed by atoms with Crippen LogP contribution in [-0.2, 0) is 6.42 Å². The van der Waals surface area contributed by atoms with Gasteiger partial charge in [-0.25, -0.2) is 0 Å². The third-order valence-corrected chi connectivity index (χ3v) is 4.53. The number of ether oxygens (including phenoxy) is 1. The summed E-state index contributed by atoms with van der Waals surface area (Å²) in [6.07, 6.45) is 2.60. The molecule has 3 rings (SSSR count). The van der Waals surface area contributed by atoms with Crippen molar-refractivity contribution in [3.05, 3.63) is 36.0 Å². The Morgan fingerprint density at radius 1 is 1.12 bits per heavy atom. The van der Waals surface area contributed by atoms with Crippen LogP contribution < -0.4 is 15.0 Å². The molecule has 1 fully saturated rings. The highest BCUT2D eigenvalue weighted by atomic mass is 16.5. The molecule has 7 nitrogen and oxygen atoms in total. The summed E-state index contributed by atoms with van der Waals surface area (Å²) >= 11 is 0. The summed E-state index contributed by atoms with van der Waals surface area (Å²) < 4.78 is 5.18. The van der Waals surface area contributed by atoms with Gasteiger partial charge in [0.15, 0.2) is 5.82 Å². The van der Waals surface area contributed by atoms with Crippen molar-refractivity contribution in [3.8, 4) is 5.75 Å². The number of hydrogen-bond acceptors (Lipinski definition) is 7. The lowest BCUT2D eigenvalue weighted by Gasteiger charge is -2.33. The first kappa shape index (κ1) is 17.4. The Kier molecular flexibility index (Phi) is 6.00. The molecule has 1 saturated heterocycles. The molecular formula is C18H26N6O. The number of piperazine rings is 1. The molecule has 0 bridgehead atoms. The minimum Gasteiger partial charge on any atom is -0.497 e. The van der Waals surface area contributed by atoms with E-state index in [9.17, 15) is 0 Å². The number of anilines is 2. The molecule has 0 unspecified atom stereocenters. The van der Waals surface area contributed by atoms with Gasteiger partial charge < -0.3 is 19.9 Å². The van der Waals surface area contributed by atoms with E-state index in [0.29, 0.717) is 5.95 Å². The van der Waals surface area contributed by atoms with E-state index in [1.165, 1.54) is 5.56 Å². The van der Waals surface area contributed by atoms with Crippen molar-refractivity contribution in [2.45, 2.75) is 13.3 Å². The van der Waals surface area contributed by atoms with Gasteiger partial charge in [0.25, 0.3) is 0 Å². The van der Waals surface area contributed by atoms with Crippen LogP contribution >= 0.6 is 0 Å². The molecular weight excluding hydrogens is 316 g/mol. The lowest BCUT2D eigenvalue weighted by Crippen LogP contribution is -2.46. The summed E-state index contributed by atoms with van der Waals surface area (Å²) in [5.41, 5.74) is 1.26. The van der Waals surface area contributed by atoms with Crippen LogP contribution in [-0.4, -0.2) is 66.5 Å². The normalized spacial score (nSPS) is 15.2. The molecule has 134 valence electrons. The van der Waals surface area contributed by atoms with E-state index in [1.54, 1.807) is 13.3 Å². The number of nitrogens with zero attached hydrogens (tertiary/aromatic N) is 5. The fourth-order valence-electron chi connectivity index (χ4n) is 2.90. The minimum atomic E-state index is 0.713. The maximum Gasteiger partial charge on any atom is 0.247 e. The van der Waals surface area contributed by atoms with Gasteiger partial charge in [0, 0.05) is 32.7 Å². The first-order chi connectivity index (χ1) is 12.3. The Morgan fingerprint density at radius 3 is 2.56 bits per heavy atom. The van der Waals surface area contributed by atoms with Gasteiger partial charge in [0.05, 0.1) is 13.3 Å². The number of aromatic nitrogens is 3. The van der Waals surface area contributed by atoms with Gasteiger partial charge in [-0.05, 0) is 30.7 Å². The zero-order valence-corrected chi connectivity index (χ0v) is 15.0. The first-order valence-corrected chi connectivity index (χ1v) is 8.82. The van der Waals surface area contributed by atoms with E-state index in [0.717, 1.165) is 57.3 Å². The van der Waals surface area contributed by atoms with Gasteiger partial charge in [-0.3, -0.25) is 0 Å². The van der Waals surface area contributed by atoms with E-state index >= 15 is 0 Å². The number of likely N-dealkylation sites (N-methyl/N-ethyl adjacent to an activating group) is 1. The fourth-order valence-corrected chi connectivity index (χ4v) is 2.90. The van der Waals surface area contributed by atoms with E-state index in [-0.39, 0.29) is 0 Å². The number of benzene rings is 1. The van der Waals surface area contributed by atoms with Crippen LogP contribution in [0, 0.1) is 0 Å². The minimum absolute atomic E-state index is 0.713. The molecule has 0 saturated carbocycles. The standard InChI is InChI=1S/C18H26N6O/c1-3-23-10-12-24(13-11-23)18-21-17(14-20-22-18)19-9-8-15-4-6-16(25-2)7-5-15/h4-7,14H,3,8-13H2,1-2H3,(H,19,21,22). The lowest BCUT2D eigenvalue weighted by atomic mass is 10.1. The maximum atomic E-state index is 5.18. The molecule has 1 aliphatic heterocycles. The second-order valence-corrected chi connectivity index (χ2v) is 6.09. The molecule has 2 aromatic rings. The van der Waals surface area contributed by atoms with Crippen molar-refractivity contribution in [2.75, 3.05) is 56.6 Å².